The SMILES string of the molecule is CC[C@@]12C[C@H](Br)C(=O)C[C@H]1CCc1cc(C#N)ccc12. The van der Waals surface area contributed by atoms with Gasteiger partial charge in [0.25, 0.3) is 0 Å². The molecule has 1 aromatic carbocycles. The summed E-state index contributed by atoms with van der Waals surface area (Å²) >= 11 is 3.57. The molecule has 0 saturated heterocycles. The molecule has 104 valence electrons. The second-order valence-electron chi connectivity index (χ2n) is 6.07. The zero-order valence-corrected chi connectivity index (χ0v) is 13.2. The largest absolute Gasteiger partial charge is 0.298 e. The number of carbonyl (C=O) groups is 1. The number of benzene rings is 1. The molecule has 20 heavy (non-hydrogen) atoms. The summed E-state index contributed by atoms with van der Waals surface area (Å²) in [5.41, 5.74) is 3.56. The molecule has 0 radical (unpaired) electrons. The Bertz CT molecular complexity index is 603. The van der Waals surface area contributed by atoms with E-state index < -0.39 is 0 Å². The summed E-state index contributed by atoms with van der Waals surface area (Å²) < 4.78 is 0. The molecule has 1 aromatic rings. The lowest BCUT2D eigenvalue weighted by Crippen LogP contribution is -2.47. The molecule has 1 fully saturated rings. The highest BCUT2D eigenvalue weighted by Crippen LogP contribution is 2.52. The quantitative estimate of drug-likeness (QED) is 0.732. The van der Waals surface area contributed by atoms with E-state index in [1.165, 1.54) is 11.1 Å². The summed E-state index contributed by atoms with van der Waals surface area (Å²) in [4.78, 5) is 12.0. The molecule has 0 N–H and O–H groups in total. The summed E-state index contributed by atoms with van der Waals surface area (Å²) in [6.07, 6.45) is 4.72. The molecule has 0 heterocycles. The van der Waals surface area contributed by atoms with Crippen LogP contribution >= 0.6 is 15.9 Å². The summed E-state index contributed by atoms with van der Waals surface area (Å²) in [6.45, 7) is 2.23. The van der Waals surface area contributed by atoms with Crippen LogP contribution in [0.15, 0.2) is 18.2 Å². The third-order valence-corrected chi connectivity index (χ3v) is 6.12. The average Bonchev–Trinajstić information content (AvgIpc) is 2.48. The van der Waals surface area contributed by atoms with Gasteiger partial charge in [-0.25, -0.2) is 0 Å². The van der Waals surface area contributed by atoms with Gasteiger partial charge in [-0.05, 0) is 54.9 Å². The minimum Gasteiger partial charge on any atom is -0.298 e. The van der Waals surface area contributed by atoms with Crippen molar-refractivity contribution in [1.82, 2.24) is 0 Å². The van der Waals surface area contributed by atoms with Crippen LogP contribution in [0.5, 0.6) is 0 Å². The maximum atomic E-state index is 12.0. The fourth-order valence-corrected chi connectivity index (χ4v) is 4.95. The van der Waals surface area contributed by atoms with Crippen LogP contribution in [0, 0.1) is 17.2 Å². The van der Waals surface area contributed by atoms with E-state index in [0.717, 1.165) is 31.2 Å². The highest BCUT2D eigenvalue weighted by molar-refractivity contribution is 9.10. The van der Waals surface area contributed by atoms with Gasteiger partial charge in [0.2, 0.25) is 0 Å². The van der Waals surface area contributed by atoms with E-state index in [0.29, 0.717) is 18.1 Å². The van der Waals surface area contributed by atoms with Crippen molar-refractivity contribution < 1.29 is 4.79 Å². The molecule has 1 saturated carbocycles. The second kappa shape index (κ2) is 5.00. The minimum absolute atomic E-state index is 0.0136. The van der Waals surface area contributed by atoms with Crippen LogP contribution in [0.4, 0.5) is 0 Å². The van der Waals surface area contributed by atoms with E-state index in [-0.39, 0.29) is 10.2 Å². The molecular weight excluding hydrogens is 314 g/mol. The van der Waals surface area contributed by atoms with E-state index in [1.807, 2.05) is 12.1 Å². The van der Waals surface area contributed by atoms with Crippen molar-refractivity contribution in [3.63, 3.8) is 0 Å². The molecule has 0 aromatic heterocycles. The van der Waals surface area contributed by atoms with E-state index in [1.54, 1.807) is 0 Å². The summed E-state index contributed by atoms with van der Waals surface area (Å²) in [7, 11) is 0. The van der Waals surface area contributed by atoms with Gasteiger partial charge in [0.1, 0.15) is 5.78 Å². The predicted molar refractivity (Wildman–Crippen MR) is 81.9 cm³/mol. The molecule has 2 aliphatic carbocycles. The standard InChI is InChI=1S/C17H18BrNO/c1-2-17-9-15(18)16(20)8-13(17)5-4-12-7-11(10-19)3-6-14(12)17/h3,6-7,13,15H,2,4-5,8-9H2,1H3/t13-,15+,17-/m1/s1. The third-order valence-electron chi connectivity index (χ3n) is 5.29. The van der Waals surface area contributed by atoms with Crippen molar-refractivity contribution in [2.75, 3.05) is 0 Å². The fraction of sp³-hybridized carbons (Fsp3) is 0.529. The van der Waals surface area contributed by atoms with Gasteiger partial charge < -0.3 is 0 Å². The number of nitriles is 1. The Balaban J connectivity index is 2.11. The lowest BCUT2D eigenvalue weighted by Gasteiger charge is -2.49. The molecule has 0 aliphatic heterocycles. The van der Waals surface area contributed by atoms with Gasteiger partial charge in [-0.2, -0.15) is 5.26 Å². The number of nitrogens with zero attached hydrogens (tertiary/aromatic N) is 1. The zero-order chi connectivity index (χ0) is 14.3. The minimum atomic E-state index is -0.0136. The van der Waals surface area contributed by atoms with Crippen LogP contribution < -0.4 is 0 Å². The van der Waals surface area contributed by atoms with Gasteiger partial charge in [-0.3, -0.25) is 4.79 Å². The third kappa shape index (κ3) is 1.93. The lowest BCUT2D eigenvalue weighted by molar-refractivity contribution is -0.122. The fourth-order valence-electron chi connectivity index (χ4n) is 4.18. The number of fused-ring (bicyclic) bond motifs is 3. The highest BCUT2D eigenvalue weighted by atomic mass is 79.9. The number of alkyl halides is 1. The molecule has 2 nitrogen and oxygen atoms in total. The molecular formula is C17H18BrNO. The first-order chi connectivity index (χ1) is 9.60. The Kier molecular flexibility index (Phi) is 3.46. The van der Waals surface area contributed by atoms with Crippen LogP contribution in [-0.2, 0) is 16.6 Å². The van der Waals surface area contributed by atoms with Gasteiger partial charge in [-0.15, -0.1) is 0 Å². The zero-order valence-electron chi connectivity index (χ0n) is 11.7. The van der Waals surface area contributed by atoms with Crippen LogP contribution in [0.1, 0.15) is 49.3 Å². The molecule has 0 amide bonds. The van der Waals surface area contributed by atoms with Gasteiger partial charge in [0, 0.05) is 11.8 Å². The Morgan fingerprint density at radius 1 is 1.50 bits per heavy atom. The first kappa shape index (κ1) is 13.8. The van der Waals surface area contributed by atoms with E-state index >= 15 is 0 Å². The number of hydrogen-bond acceptors (Lipinski definition) is 2. The van der Waals surface area contributed by atoms with Crippen LogP contribution in [0.25, 0.3) is 0 Å². The molecule has 0 spiro atoms. The van der Waals surface area contributed by atoms with Crippen molar-refractivity contribution in [2.45, 2.75) is 49.3 Å². The number of hydrogen-bond donors (Lipinski definition) is 0. The summed E-state index contributed by atoms with van der Waals surface area (Å²) in [6, 6.07) is 8.34. The monoisotopic (exact) mass is 331 g/mol. The van der Waals surface area contributed by atoms with Crippen molar-refractivity contribution in [2.24, 2.45) is 5.92 Å². The first-order valence-corrected chi connectivity index (χ1v) is 8.22. The Morgan fingerprint density at radius 3 is 3.00 bits per heavy atom. The number of rotatable bonds is 1. The highest BCUT2D eigenvalue weighted by Gasteiger charge is 2.48. The van der Waals surface area contributed by atoms with Gasteiger partial charge >= 0.3 is 0 Å². The van der Waals surface area contributed by atoms with E-state index in [2.05, 4.69) is 35.0 Å². The van der Waals surface area contributed by atoms with Crippen molar-refractivity contribution in [3.05, 3.63) is 34.9 Å². The molecule has 3 heteroatoms. The maximum Gasteiger partial charge on any atom is 0.146 e. The normalized spacial score (nSPS) is 32.1. The molecule has 2 aliphatic rings. The van der Waals surface area contributed by atoms with Crippen LogP contribution in [-0.4, -0.2) is 10.6 Å². The number of Topliss-reactive ketones (excluding diaryl/α,β-unsaturated/α-hetero) is 1. The Labute approximate surface area is 128 Å². The molecule has 3 rings (SSSR count). The van der Waals surface area contributed by atoms with Crippen molar-refractivity contribution >= 4 is 21.7 Å². The van der Waals surface area contributed by atoms with Crippen molar-refractivity contribution in [3.8, 4) is 6.07 Å². The molecule has 3 atom stereocenters. The Hall–Kier alpha value is -1.14. The smallest absolute Gasteiger partial charge is 0.146 e. The topological polar surface area (TPSA) is 40.9 Å². The van der Waals surface area contributed by atoms with Gasteiger partial charge in [-0.1, -0.05) is 28.9 Å². The Morgan fingerprint density at radius 2 is 2.30 bits per heavy atom. The maximum absolute atomic E-state index is 12.0. The predicted octanol–water partition coefficient (Wildman–Crippen LogP) is 3.89. The summed E-state index contributed by atoms with van der Waals surface area (Å²) in [5.74, 6) is 0.824. The number of carbonyl (C=O) groups excluding carboxylic acids is 1. The van der Waals surface area contributed by atoms with E-state index in [4.69, 9.17) is 5.26 Å². The number of aryl methyl sites for hydroxylation is 1. The van der Waals surface area contributed by atoms with E-state index in [9.17, 15) is 4.79 Å². The average molecular weight is 332 g/mol. The van der Waals surface area contributed by atoms with Crippen LogP contribution in [0.3, 0.4) is 0 Å². The number of ketones is 1. The molecule has 0 bridgehead atoms. The lowest BCUT2D eigenvalue weighted by atomic mass is 9.56. The summed E-state index contributed by atoms with van der Waals surface area (Å²) in [5, 5.41) is 9.07. The second-order valence-corrected chi connectivity index (χ2v) is 7.18. The van der Waals surface area contributed by atoms with Crippen molar-refractivity contribution in [1.29, 1.82) is 5.26 Å². The van der Waals surface area contributed by atoms with Crippen LogP contribution in [0.2, 0.25) is 0 Å². The number of halogens is 1. The van der Waals surface area contributed by atoms with Gasteiger partial charge in [0.15, 0.2) is 0 Å². The first-order valence-electron chi connectivity index (χ1n) is 7.31. The van der Waals surface area contributed by atoms with Gasteiger partial charge in [0.05, 0.1) is 16.5 Å². The molecule has 0 unspecified atom stereocenters.